The topological polar surface area (TPSA) is 95.8 Å². The van der Waals surface area contributed by atoms with Gasteiger partial charge in [-0.1, -0.05) is 42.5 Å². The Bertz CT molecular complexity index is 1360. The Hall–Kier alpha value is -4.30. The minimum Gasteiger partial charge on any atom is -0.497 e. The average molecular weight is 488 g/mol. The van der Waals surface area contributed by atoms with Gasteiger partial charge in [0.25, 0.3) is 0 Å². The van der Waals surface area contributed by atoms with Gasteiger partial charge in [0.05, 0.1) is 25.9 Å². The van der Waals surface area contributed by atoms with Crippen LogP contribution in [0.25, 0.3) is 5.57 Å². The van der Waals surface area contributed by atoms with Crippen molar-refractivity contribution in [1.29, 1.82) is 0 Å². The molecule has 0 saturated heterocycles. The molecule has 1 unspecified atom stereocenters. The number of benzene rings is 3. The van der Waals surface area contributed by atoms with Crippen LogP contribution in [-0.2, 0) is 22.7 Å². The quantitative estimate of drug-likeness (QED) is 0.458. The first-order valence-electron chi connectivity index (χ1n) is 11.6. The largest absolute Gasteiger partial charge is 0.515 e. The summed E-state index contributed by atoms with van der Waals surface area (Å²) >= 11 is 0. The van der Waals surface area contributed by atoms with Crippen molar-refractivity contribution < 1.29 is 33.6 Å². The highest BCUT2D eigenvalue weighted by Gasteiger charge is 2.41. The van der Waals surface area contributed by atoms with Crippen LogP contribution in [-0.4, -0.2) is 30.9 Å². The van der Waals surface area contributed by atoms with Crippen molar-refractivity contribution in [3.8, 4) is 17.2 Å². The van der Waals surface area contributed by atoms with E-state index in [1.165, 1.54) is 0 Å². The van der Waals surface area contributed by atoms with Gasteiger partial charge in [-0.25, -0.2) is 9.79 Å². The second-order valence-electron chi connectivity index (χ2n) is 8.08. The Kier molecular flexibility index (Phi) is 6.60. The SMILES string of the molecule is CCOC(=O)OC1=NC2C(=C1c1ccc(OC)cc1OCc1ccccc1CO)Oc1ccccc12. The molecule has 2 aliphatic heterocycles. The number of aliphatic imine (C=N–C) groups is 1. The zero-order chi connectivity index (χ0) is 25.1. The van der Waals surface area contributed by atoms with Gasteiger partial charge in [0.15, 0.2) is 0 Å². The van der Waals surface area contributed by atoms with Gasteiger partial charge >= 0.3 is 6.16 Å². The number of hydrogen-bond donors (Lipinski definition) is 1. The van der Waals surface area contributed by atoms with Crippen LogP contribution in [0.15, 0.2) is 77.5 Å². The van der Waals surface area contributed by atoms with Crippen molar-refractivity contribution >= 4 is 17.6 Å². The highest BCUT2D eigenvalue weighted by Crippen LogP contribution is 2.50. The Balaban J connectivity index is 1.57. The zero-order valence-corrected chi connectivity index (χ0v) is 19.9. The van der Waals surface area contributed by atoms with Gasteiger partial charge in [0.1, 0.15) is 35.7 Å². The van der Waals surface area contributed by atoms with Crippen LogP contribution in [0.5, 0.6) is 17.2 Å². The number of ether oxygens (including phenoxy) is 5. The van der Waals surface area contributed by atoms with Gasteiger partial charge in [-0.15, -0.1) is 0 Å². The number of carbonyl (C=O) groups excluding carboxylic acids is 1. The summed E-state index contributed by atoms with van der Waals surface area (Å²) in [4.78, 5) is 16.9. The average Bonchev–Trinajstić information content (AvgIpc) is 3.43. The fraction of sp³-hybridized carbons (Fsp3) is 0.214. The summed E-state index contributed by atoms with van der Waals surface area (Å²) in [5, 5.41) is 9.70. The molecule has 5 rings (SSSR count). The number of nitrogens with zero attached hydrogens (tertiary/aromatic N) is 1. The molecule has 2 heterocycles. The third kappa shape index (κ3) is 4.38. The van der Waals surface area contributed by atoms with Crippen LogP contribution < -0.4 is 14.2 Å². The van der Waals surface area contributed by atoms with Gasteiger partial charge in [0.2, 0.25) is 5.90 Å². The number of aliphatic hydroxyl groups excluding tert-OH is 1. The van der Waals surface area contributed by atoms with Crippen molar-refractivity contribution in [3.05, 3.63) is 94.7 Å². The number of fused-ring (bicyclic) bond motifs is 3. The molecular formula is C28H25NO7. The maximum Gasteiger partial charge on any atom is 0.515 e. The van der Waals surface area contributed by atoms with Crippen molar-refractivity contribution in [2.24, 2.45) is 4.99 Å². The molecule has 1 N–H and O–H groups in total. The highest BCUT2D eigenvalue weighted by atomic mass is 16.7. The second-order valence-corrected chi connectivity index (χ2v) is 8.08. The number of aliphatic hydroxyl groups is 1. The lowest BCUT2D eigenvalue weighted by atomic mass is 10.0. The Morgan fingerprint density at radius 3 is 2.61 bits per heavy atom. The standard InChI is InChI=1S/C28H25NO7/c1-3-33-28(31)36-27-24(26-25(29-27)21-10-6-7-11-22(21)35-26)20-13-12-19(32-2)14-23(20)34-16-18-9-5-4-8-17(18)15-30/h4-14,25,30H,3,15-16H2,1-2H3. The van der Waals surface area contributed by atoms with E-state index >= 15 is 0 Å². The molecule has 36 heavy (non-hydrogen) atoms. The van der Waals surface area contributed by atoms with E-state index in [1.807, 2.05) is 54.6 Å². The summed E-state index contributed by atoms with van der Waals surface area (Å²) in [5.74, 6) is 2.39. The Morgan fingerprint density at radius 2 is 1.83 bits per heavy atom. The lowest BCUT2D eigenvalue weighted by Gasteiger charge is -2.16. The number of hydrogen-bond acceptors (Lipinski definition) is 8. The summed E-state index contributed by atoms with van der Waals surface area (Å²) in [5.41, 5.74) is 3.60. The number of para-hydroxylation sites is 1. The third-order valence-corrected chi connectivity index (χ3v) is 5.96. The fourth-order valence-corrected chi connectivity index (χ4v) is 4.23. The first-order chi connectivity index (χ1) is 17.6. The molecule has 8 nitrogen and oxygen atoms in total. The number of rotatable bonds is 7. The normalized spacial score (nSPS) is 15.5. The van der Waals surface area contributed by atoms with Crippen LogP contribution in [0.1, 0.15) is 35.2 Å². The first-order valence-corrected chi connectivity index (χ1v) is 11.6. The smallest absolute Gasteiger partial charge is 0.497 e. The molecule has 8 heteroatoms. The van der Waals surface area contributed by atoms with Crippen molar-refractivity contribution in [1.82, 2.24) is 0 Å². The lowest BCUT2D eigenvalue weighted by Crippen LogP contribution is -2.15. The Morgan fingerprint density at radius 1 is 1.06 bits per heavy atom. The molecule has 0 aliphatic carbocycles. The lowest BCUT2D eigenvalue weighted by molar-refractivity contribution is 0.101. The molecular weight excluding hydrogens is 462 g/mol. The van der Waals surface area contributed by atoms with Gasteiger partial charge in [-0.2, -0.15) is 0 Å². The second kappa shape index (κ2) is 10.1. The molecule has 184 valence electrons. The maximum absolute atomic E-state index is 12.2. The third-order valence-electron chi connectivity index (χ3n) is 5.96. The molecule has 1 atom stereocenters. The van der Waals surface area contributed by atoms with Crippen molar-refractivity contribution in [2.75, 3.05) is 13.7 Å². The predicted octanol–water partition coefficient (Wildman–Crippen LogP) is 5.20. The maximum atomic E-state index is 12.2. The molecule has 2 aliphatic rings. The van der Waals surface area contributed by atoms with E-state index in [9.17, 15) is 9.90 Å². The summed E-state index contributed by atoms with van der Waals surface area (Å²) in [6.45, 7) is 1.97. The van der Waals surface area contributed by atoms with Crippen LogP contribution in [0.3, 0.4) is 0 Å². The summed E-state index contributed by atoms with van der Waals surface area (Å²) in [6, 6.07) is 20.0. The molecule has 0 saturated carbocycles. The van der Waals surface area contributed by atoms with Crippen molar-refractivity contribution in [2.45, 2.75) is 26.2 Å². The van der Waals surface area contributed by atoms with E-state index in [2.05, 4.69) is 4.99 Å². The fourth-order valence-electron chi connectivity index (χ4n) is 4.23. The Labute approximate surface area is 208 Å². The molecule has 0 amide bonds. The van der Waals surface area contributed by atoms with Crippen molar-refractivity contribution in [3.63, 3.8) is 0 Å². The first kappa shape index (κ1) is 23.4. The summed E-state index contributed by atoms with van der Waals surface area (Å²) in [7, 11) is 1.57. The zero-order valence-electron chi connectivity index (χ0n) is 19.9. The van der Waals surface area contributed by atoms with Gasteiger partial charge in [-0.3, -0.25) is 0 Å². The van der Waals surface area contributed by atoms with Crippen LogP contribution >= 0.6 is 0 Å². The number of carbonyl (C=O) groups is 1. The molecule has 0 fully saturated rings. The number of methoxy groups -OCH3 is 1. The molecule has 0 aromatic heterocycles. The molecule has 0 bridgehead atoms. The van der Waals surface area contributed by atoms with Gasteiger partial charge < -0.3 is 28.8 Å². The van der Waals surface area contributed by atoms with E-state index in [0.717, 1.165) is 16.7 Å². The minimum absolute atomic E-state index is 0.0914. The summed E-state index contributed by atoms with van der Waals surface area (Å²) in [6.07, 6.45) is -0.851. The van der Waals surface area contributed by atoms with E-state index in [4.69, 9.17) is 23.7 Å². The van der Waals surface area contributed by atoms with Crippen LogP contribution in [0, 0.1) is 0 Å². The summed E-state index contributed by atoms with van der Waals surface area (Å²) < 4.78 is 28.4. The van der Waals surface area contributed by atoms with Crippen LogP contribution in [0.2, 0.25) is 0 Å². The molecule has 0 spiro atoms. The minimum atomic E-state index is -0.851. The van der Waals surface area contributed by atoms with Crippen LogP contribution in [0.4, 0.5) is 4.79 Å². The molecule has 3 aromatic carbocycles. The molecule has 3 aromatic rings. The van der Waals surface area contributed by atoms with E-state index < -0.39 is 12.2 Å². The highest BCUT2D eigenvalue weighted by molar-refractivity contribution is 6.25. The van der Waals surface area contributed by atoms with E-state index in [1.54, 1.807) is 26.2 Å². The van der Waals surface area contributed by atoms with E-state index in [0.29, 0.717) is 34.1 Å². The predicted molar refractivity (Wildman–Crippen MR) is 132 cm³/mol. The van der Waals surface area contributed by atoms with E-state index in [-0.39, 0.29) is 25.7 Å². The molecule has 0 radical (unpaired) electrons. The van der Waals surface area contributed by atoms with Gasteiger partial charge in [-0.05, 0) is 36.2 Å². The van der Waals surface area contributed by atoms with Gasteiger partial charge in [0, 0.05) is 17.2 Å². The monoisotopic (exact) mass is 487 g/mol.